The number of fused-ring (bicyclic) bond motifs is 1. The Hall–Kier alpha value is -3.78. The molecule has 0 aliphatic heterocycles. The first-order chi connectivity index (χ1) is 12.3. The summed E-state index contributed by atoms with van der Waals surface area (Å²) in [6.45, 7) is 0. The number of imidazole rings is 1. The molecule has 0 atom stereocenters. The predicted octanol–water partition coefficient (Wildman–Crippen LogP) is 5.29. The third kappa shape index (κ3) is 2.89. The quantitative estimate of drug-likeness (QED) is 0.481. The molecule has 118 valence electrons. The summed E-state index contributed by atoms with van der Waals surface area (Å²) in [6.07, 6.45) is 1.91. The third-order valence-corrected chi connectivity index (χ3v) is 3.79. The van der Waals surface area contributed by atoms with Crippen molar-refractivity contribution in [3.63, 3.8) is 0 Å². The van der Waals surface area contributed by atoms with Gasteiger partial charge in [0.25, 0.3) is 0 Å². The summed E-state index contributed by atoms with van der Waals surface area (Å²) < 4.78 is 1.90. The highest BCUT2D eigenvalue weighted by Crippen LogP contribution is 2.32. The third-order valence-electron chi connectivity index (χ3n) is 3.79. The average molecular weight is 323 g/mol. The van der Waals surface area contributed by atoms with E-state index in [2.05, 4.69) is 21.3 Å². The Kier molecular flexibility index (Phi) is 3.77. The average Bonchev–Trinajstić information content (AvgIpc) is 3.06. The molecule has 0 radical (unpaired) electrons. The Morgan fingerprint density at radius 2 is 1.72 bits per heavy atom. The molecule has 0 aliphatic rings. The molecule has 2 aromatic heterocycles. The molecule has 2 aromatic carbocycles. The van der Waals surface area contributed by atoms with Crippen LogP contribution in [-0.4, -0.2) is 9.38 Å². The van der Waals surface area contributed by atoms with Crippen LogP contribution in [0.4, 0.5) is 11.5 Å². The first kappa shape index (κ1) is 14.8. The molecular formula is C20H13N5. The maximum absolute atomic E-state index is 9.01. The van der Waals surface area contributed by atoms with Gasteiger partial charge >= 0.3 is 0 Å². The molecule has 25 heavy (non-hydrogen) atoms. The highest BCUT2D eigenvalue weighted by Gasteiger charge is 2.13. The van der Waals surface area contributed by atoms with Gasteiger partial charge in [-0.05, 0) is 30.3 Å². The fourth-order valence-corrected chi connectivity index (χ4v) is 2.61. The van der Waals surface area contributed by atoms with E-state index < -0.39 is 0 Å². The Balaban J connectivity index is 1.85. The molecule has 0 aliphatic carbocycles. The molecule has 0 bridgehead atoms. The molecule has 0 saturated heterocycles. The number of azo groups is 1. The lowest BCUT2D eigenvalue weighted by Gasteiger charge is -1.99. The summed E-state index contributed by atoms with van der Waals surface area (Å²) >= 11 is 0. The Morgan fingerprint density at radius 1 is 0.880 bits per heavy atom. The summed E-state index contributed by atoms with van der Waals surface area (Å²) in [5.41, 5.74) is 3.74. The lowest BCUT2D eigenvalue weighted by atomic mass is 10.1. The lowest BCUT2D eigenvalue weighted by molar-refractivity contribution is 1.10. The zero-order valence-corrected chi connectivity index (χ0v) is 13.2. The van der Waals surface area contributed by atoms with E-state index in [-0.39, 0.29) is 0 Å². The molecule has 0 N–H and O–H groups in total. The summed E-state index contributed by atoms with van der Waals surface area (Å²) in [7, 11) is 0. The Morgan fingerprint density at radius 3 is 2.56 bits per heavy atom. The Bertz CT molecular complexity index is 1100. The van der Waals surface area contributed by atoms with E-state index in [0.29, 0.717) is 17.1 Å². The Labute approximate surface area is 144 Å². The zero-order chi connectivity index (χ0) is 17.1. The van der Waals surface area contributed by atoms with Crippen LogP contribution in [0.2, 0.25) is 0 Å². The van der Waals surface area contributed by atoms with Crippen molar-refractivity contribution in [2.24, 2.45) is 10.2 Å². The molecule has 0 unspecified atom stereocenters. The monoisotopic (exact) mass is 323 g/mol. The van der Waals surface area contributed by atoms with Gasteiger partial charge < -0.3 is 0 Å². The topological polar surface area (TPSA) is 65.8 Å². The standard InChI is InChI=1S/C20H13N5/c21-14-15-7-6-10-17(13-15)23-24-20-19(16-8-2-1-3-9-16)22-18-11-4-5-12-25(18)20/h1-13H. The van der Waals surface area contributed by atoms with Gasteiger partial charge in [0.15, 0.2) is 5.82 Å². The van der Waals surface area contributed by atoms with Crippen LogP contribution in [0.15, 0.2) is 89.2 Å². The second-order valence-corrected chi connectivity index (χ2v) is 5.44. The van der Waals surface area contributed by atoms with Gasteiger partial charge in [-0.25, -0.2) is 4.98 Å². The number of hydrogen-bond donors (Lipinski definition) is 0. The maximum atomic E-state index is 9.01. The van der Waals surface area contributed by atoms with Crippen LogP contribution < -0.4 is 0 Å². The van der Waals surface area contributed by atoms with Crippen LogP contribution in [0.5, 0.6) is 0 Å². The van der Waals surface area contributed by atoms with Crippen LogP contribution in [0, 0.1) is 11.3 Å². The molecule has 0 saturated carbocycles. The minimum absolute atomic E-state index is 0.554. The molecule has 4 aromatic rings. The van der Waals surface area contributed by atoms with Gasteiger partial charge in [0.05, 0.1) is 17.3 Å². The van der Waals surface area contributed by atoms with E-state index >= 15 is 0 Å². The summed E-state index contributed by atoms with van der Waals surface area (Å²) in [6, 6.07) is 24.9. The van der Waals surface area contributed by atoms with Crippen LogP contribution in [0.25, 0.3) is 16.9 Å². The van der Waals surface area contributed by atoms with Gasteiger partial charge in [-0.15, -0.1) is 10.2 Å². The number of hydrogen-bond acceptors (Lipinski definition) is 4. The molecule has 0 spiro atoms. The summed E-state index contributed by atoms with van der Waals surface area (Å²) in [5, 5.41) is 17.8. The maximum Gasteiger partial charge on any atom is 0.187 e. The molecule has 4 rings (SSSR count). The van der Waals surface area contributed by atoms with E-state index in [1.54, 1.807) is 18.2 Å². The van der Waals surface area contributed by atoms with Gasteiger partial charge in [-0.1, -0.05) is 42.5 Å². The van der Waals surface area contributed by atoms with Crippen molar-refractivity contribution in [2.45, 2.75) is 0 Å². The minimum Gasteiger partial charge on any atom is -0.283 e. The molecule has 5 nitrogen and oxygen atoms in total. The van der Waals surface area contributed by atoms with E-state index in [0.717, 1.165) is 16.9 Å². The van der Waals surface area contributed by atoms with Gasteiger partial charge in [-0.3, -0.25) is 4.40 Å². The van der Waals surface area contributed by atoms with Crippen LogP contribution in [0.1, 0.15) is 5.56 Å². The van der Waals surface area contributed by atoms with Crippen molar-refractivity contribution >= 4 is 17.2 Å². The van der Waals surface area contributed by atoms with Crippen LogP contribution in [0.3, 0.4) is 0 Å². The van der Waals surface area contributed by atoms with E-state index in [1.807, 2.05) is 65.2 Å². The van der Waals surface area contributed by atoms with Crippen molar-refractivity contribution in [2.75, 3.05) is 0 Å². The van der Waals surface area contributed by atoms with Crippen LogP contribution in [-0.2, 0) is 0 Å². The number of pyridine rings is 1. The molecular weight excluding hydrogens is 310 g/mol. The van der Waals surface area contributed by atoms with E-state index in [9.17, 15) is 0 Å². The van der Waals surface area contributed by atoms with E-state index in [1.165, 1.54) is 0 Å². The van der Waals surface area contributed by atoms with Gasteiger partial charge in [0.1, 0.15) is 11.3 Å². The number of aromatic nitrogens is 2. The van der Waals surface area contributed by atoms with Crippen molar-refractivity contribution in [1.29, 1.82) is 5.26 Å². The molecule has 0 fully saturated rings. The van der Waals surface area contributed by atoms with Crippen molar-refractivity contribution in [3.05, 3.63) is 84.6 Å². The second-order valence-electron chi connectivity index (χ2n) is 5.44. The number of rotatable bonds is 3. The highest BCUT2D eigenvalue weighted by molar-refractivity contribution is 5.74. The first-order valence-corrected chi connectivity index (χ1v) is 7.79. The first-order valence-electron chi connectivity index (χ1n) is 7.79. The molecule has 5 heteroatoms. The number of nitriles is 1. The van der Waals surface area contributed by atoms with Crippen LogP contribution >= 0.6 is 0 Å². The number of nitrogens with zero attached hydrogens (tertiary/aromatic N) is 5. The zero-order valence-electron chi connectivity index (χ0n) is 13.2. The van der Waals surface area contributed by atoms with Crippen molar-refractivity contribution < 1.29 is 0 Å². The largest absolute Gasteiger partial charge is 0.283 e. The molecule has 2 heterocycles. The van der Waals surface area contributed by atoms with E-state index in [4.69, 9.17) is 5.26 Å². The molecule has 0 amide bonds. The smallest absolute Gasteiger partial charge is 0.187 e. The fraction of sp³-hybridized carbons (Fsp3) is 0. The lowest BCUT2D eigenvalue weighted by Crippen LogP contribution is -1.81. The second kappa shape index (κ2) is 6.38. The minimum atomic E-state index is 0.554. The van der Waals surface area contributed by atoms with Gasteiger partial charge in [0.2, 0.25) is 0 Å². The predicted molar refractivity (Wildman–Crippen MR) is 96.0 cm³/mol. The van der Waals surface area contributed by atoms with Gasteiger partial charge in [-0.2, -0.15) is 5.26 Å². The SMILES string of the molecule is N#Cc1cccc(N=Nc2c(-c3ccccc3)nc3ccccn23)c1. The highest BCUT2D eigenvalue weighted by atomic mass is 15.2. The summed E-state index contributed by atoms with van der Waals surface area (Å²) in [4.78, 5) is 4.69. The summed E-state index contributed by atoms with van der Waals surface area (Å²) in [5.74, 6) is 0.657. The fourth-order valence-electron chi connectivity index (χ4n) is 2.61. The normalized spacial score (nSPS) is 11.0. The van der Waals surface area contributed by atoms with Crippen molar-refractivity contribution in [1.82, 2.24) is 9.38 Å². The van der Waals surface area contributed by atoms with Crippen molar-refractivity contribution in [3.8, 4) is 17.3 Å². The van der Waals surface area contributed by atoms with Gasteiger partial charge in [0, 0.05) is 11.8 Å². The number of benzene rings is 2.